The van der Waals surface area contributed by atoms with Crippen LogP contribution in [0.5, 0.6) is 5.75 Å². The third-order valence-electron chi connectivity index (χ3n) is 4.87. The maximum absolute atomic E-state index is 12.8. The van der Waals surface area contributed by atoms with Crippen LogP contribution in [-0.4, -0.2) is 20.8 Å². The van der Waals surface area contributed by atoms with Gasteiger partial charge in [0, 0.05) is 23.0 Å². The fourth-order valence-electron chi connectivity index (χ4n) is 3.15. The van der Waals surface area contributed by atoms with Gasteiger partial charge in [0.25, 0.3) is 5.91 Å². The first-order valence-corrected chi connectivity index (χ1v) is 9.56. The van der Waals surface area contributed by atoms with Gasteiger partial charge in [0.15, 0.2) is 5.60 Å². The van der Waals surface area contributed by atoms with Crippen LogP contribution in [0.4, 0.5) is 5.69 Å². The van der Waals surface area contributed by atoms with Crippen LogP contribution in [-0.2, 0) is 4.79 Å². The lowest BCUT2D eigenvalue weighted by atomic mass is 10.1. The second kappa shape index (κ2) is 6.47. The summed E-state index contributed by atoms with van der Waals surface area (Å²) >= 11 is 12.2. The molecular formula is C21H20Cl2N2O2. The molecule has 0 saturated heterocycles. The molecule has 1 fully saturated rings. The molecule has 1 aliphatic carbocycles. The summed E-state index contributed by atoms with van der Waals surface area (Å²) in [7, 11) is 0. The molecule has 0 radical (unpaired) electrons. The SMILES string of the molecule is CC(C)(Oc1ccc(C2CC2(Cl)Cl)cc1)C(=O)Nc1cccc2[nH]ccc12. The number of halogens is 2. The lowest BCUT2D eigenvalue weighted by molar-refractivity contribution is -0.128. The largest absolute Gasteiger partial charge is 0.478 e. The van der Waals surface area contributed by atoms with Gasteiger partial charge in [-0.2, -0.15) is 0 Å². The van der Waals surface area contributed by atoms with Crippen LogP contribution in [0.3, 0.4) is 0 Å². The van der Waals surface area contributed by atoms with Crippen LogP contribution in [0.15, 0.2) is 54.7 Å². The number of aromatic nitrogens is 1. The van der Waals surface area contributed by atoms with Gasteiger partial charge in [0.2, 0.25) is 0 Å². The van der Waals surface area contributed by atoms with Crippen LogP contribution < -0.4 is 10.1 Å². The Morgan fingerprint density at radius 3 is 2.56 bits per heavy atom. The predicted octanol–water partition coefficient (Wildman–Crippen LogP) is 5.63. The Bertz CT molecular complexity index is 993. The van der Waals surface area contributed by atoms with Crippen LogP contribution in [0.25, 0.3) is 10.9 Å². The van der Waals surface area contributed by atoms with Gasteiger partial charge in [-0.1, -0.05) is 18.2 Å². The first-order valence-electron chi connectivity index (χ1n) is 8.81. The zero-order valence-electron chi connectivity index (χ0n) is 15.1. The van der Waals surface area contributed by atoms with Crippen molar-refractivity contribution >= 4 is 45.7 Å². The van der Waals surface area contributed by atoms with Crippen molar-refractivity contribution in [1.29, 1.82) is 0 Å². The highest BCUT2D eigenvalue weighted by atomic mass is 35.5. The number of alkyl halides is 2. The number of hydrogen-bond donors (Lipinski definition) is 2. The molecule has 3 aromatic rings. The summed E-state index contributed by atoms with van der Waals surface area (Å²) in [5.41, 5.74) is 1.76. The molecule has 2 N–H and O–H groups in total. The number of ether oxygens (including phenoxy) is 1. The number of benzene rings is 2. The summed E-state index contributed by atoms with van der Waals surface area (Å²) in [4.78, 5) is 15.9. The Morgan fingerprint density at radius 1 is 1.19 bits per heavy atom. The summed E-state index contributed by atoms with van der Waals surface area (Å²) in [6.45, 7) is 3.49. The Hall–Kier alpha value is -2.17. The number of amides is 1. The average molecular weight is 403 g/mol. The number of fused-ring (bicyclic) bond motifs is 1. The van der Waals surface area contributed by atoms with E-state index in [0.29, 0.717) is 5.75 Å². The number of aromatic amines is 1. The highest BCUT2D eigenvalue weighted by molar-refractivity contribution is 6.51. The number of nitrogens with one attached hydrogen (secondary N) is 2. The van der Waals surface area contributed by atoms with Crippen LogP contribution >= 0.6 is 23.2 Å². The van der Waals surface area contributed by atoms with Crippen LogP contribution in [0, 0.1) is 0 Å². The molecule has 1 unspecified atom stereocenters. The third-order valence-corrected chi connectivity index (χ3v) is 5.71. The highest BCUT2D eigenvalue weighted by Crippen LogP contribution is 2.59. The van der Waals surface area contributed by atoms with E-state index in [-0.39, 0.29) is 11.8 Å². The molecule has 1 aliphatic rings. The van der Waals surface area contributed by atoms with Crippen molar-refractivity contribution in [3.63, 3.8) is 0 Å². The number of rotatable bonds is 5. The zero-order valence-corrected chi connectivity index (χ0v) is 16.6. The number of H-pyrrole nitrogens is 1. The quantitative estimate of drug-likeness (QED) is 0.543. The normalized spacial score (nSPS) is 18.3. The Labute approximate surface area is 167 Å². The van der Waals surface area contributed by atoms with Gasteiger partial charge in [0.05, 0.1) is 5.69 Å². The van der Waals surface area contributed by atoms with E-state index in [1.54, 1.807) is 13.8 Å². The molecule has 1 saturated carbocycles. The molecule has 2 aromatic carbocycles. The van der Waals surface area contributed by atoms with Crippen molar-refractivity contribution in [2.24, 2.45) is 0 Å². The van der Waals surface area contributed by atoms with E-state index in [0.717, 1.165) is 28.6 Å². The van der Waals surface area contributed by atoms with Gasteiger partial charge in [-0.3, -0.25) is 4.79 Å². The first kappa shape index (κ1) is 18.2. The fraction of sp³-hybridized carbons (Fsp3) is 0.286. The molecule has 0 spiro atoms. The Morgan fingerprint density at radius 2 is 1.89 bits per heavy atom. The average Bonchev–Trinajstić information content (AvgIpc) is 3.03. The molecule has 140 valence electrons. The van der Waals surface area contributed by atoms with Crippen molar-refractivity contribution in [3.05, 3.63) is 60.3 Å². The minimum atomic E-state index is -1.04. The van der Waals surface area contributed by atoms with Gasteiger partial charge in [-0.05, 0) is 56.2 Å². The zero-order chi connectivity index (χ0) is 19.2. The third kappa shape index (κ3) is 3.64. The minimum Gasteiger partial charge on any atom is -0.478 e. The number of carbonyl (C=O) groups is 1. The van der Waals surface area contributed by atoms with Crippen LogP contribution in [0.1, 0.15) is 31.7 Å². The van der Waals surface area contributed by atoms with E-state index in [1.165, 1.54) is 0 Å². The van der Waals surface area contributed by atoms with E-state index in [2.05, 4.69) is 10.3 Å². The fourth-order valence-corrected chi connectivity index (χ4v) is 3.71. The van der Waals surface area contributed by atoms with Crippen molar-refractivity contribution in [1.82, 2.24) is 4.98 Å². The molecule has 27 heavy (non-hydrogen) atoms. The molecule has 1 aromatic heterocycles. The monoisotopic (exact) mass is 402 g/mol. The van der Waals surface area contributed by atoms with Crippen molar-refractivity contribution < 1.29 is 9.53 Å². The van der Waals surface area contributed by atoms with E-state index in [4.69, 9.17) is 27.9 Å². The number of hydrogen-bond acceptors (Lipinski definition) is 2. The lowest BCUT2D eigenvalue weighted by Gasteiger charge is -2.25. The summed E-state index contributed by atoms with van der Waals surface area (Å²) in [5.74, 6) is 0.560. The molecule has 1 heterocycles. The second-order valence-corrected chi connectivity index (χ2v) is 8.94. The van der Waals surface area contributed by atoms with E-state index in [1.807, 2.05) is 54.7 Å². The standard InChI is InChI=1S/C21H20Cl2N2O2/c1-20(2,19(26)25-18-5-3-4-17-15(18)10-11-24-17)27-14-8-6-13(7-9-14)16-12-21(16,22)23/h3-11,16,24H,12H2,1-2H3,(H,25,26). The van der Waals surface area contributed by atoms with Gasteiger partial charge in [-0.25, -0.2) is 0 Å². The highest BCUT2D eigenvalue weighted by Gasteiger charge is 2.52. The van der Waals surface area contributed by atoms with Crippen LogP contribution in [0.2, 0.25) is 0 Å². The number of anilines is 1. The predicted molar refractivity (Wildman–Crippen MR) is 110 cm³/mol. The van der Waals surface area contributed by atoms with E-state index >= 15 is 0 Å². The molecule has 0 bridgehead atoms. The van der Waals surface area contributed by atoms with Crippen molar-refractivity contribution in [3.8, 4) is 5.75 Å². The van der Waals surface area contributed by atoms with Gasteiger partial charge in [-0.15, -0.1) is 23.2 Å². The summed E-state index contributed by atoms with van der Waals surface area (Å²) < 4.78 is 5.30. The van der Waals surface area contributed by atoms with E-state index in [9.17, 15) is 4.79 Å². The summed E-state index contributed by atoms with van der Waals surface area (Å²) in [5, 5.41) is 3.92. The maximum atomic E-state index is 12.8. The van der Waals surface area contributed by atoms with E-state index < -0.39 is 9.93 Å². The molecular weight excluding hydrogens is 383 g/mol. The Balaban J connectivity index is 1.46. The smallest absolute Gasteiger partial charge is 0.267 e. The topological polar surface area (TPSA) is 54.1 Å². The van der Waals surface area contributed by atoms with Gasteiger partial charge < -0.3 is 15.0 Å². The first-order chi connectivity index (χ1) is 12.8. The molecule has 1 atom stereocenters. The van der Waals surface area contributed by atoms with Gasteiger partial charge in [0.1, 0.15) is 10.1 Å². The molecule has 1 amide bonds. The molecule has 0 aliphatic heterocycles. The molecule has 6 heteroatoms. The second-order valence-electron chi connectivity index (χ2n) is 7.40. The van der Waals surface area contributed by atoms with Crippen molar-refractivity contribution in [2.45, 2.75) is 36.1 Å². The van der Waals surface area contributed by atoms with Gasteiger partial charge >= 0.3 is 0 Å². The maximum Gasteiger partial charge on any atom is 0.267 e. The van der Waals surface area contributed by atoms with Crippen molar-refractivity contribution in [2.75, 3.05) is 5.32 Å². The number of carbonyl (C=O) groups excluding carboxylic acids is 1. The minimum absolute atomic E-state index is 0.160. The summed E-state index contributed by atoms with van der Waals surface area (Å²) in [6.07, 6.45) is 2.61. The lowest BCUT2D eigenvalue weighted by Crippen LogP contribution is -2.42. The molecule has 4 rings (SSSR count). The summed E-state index contributed by atoms with van der Waals surface area (Å²) in [6, 6.07) is 15.3. The Kier molecular flexibility index (Phi) is 4.36. The molecule has 4 nitrogen and oxygen atoms in total.